The van der Waals surface area contributed by atoms with Gasteiger partial charge in [0.25, 0.3) is 0 Å². The summed E-state index contributed by atoms with van der Waals surface area (Å²) >= 11 is 0. The smallest absolute Gasteiger partial charge is 0.139 e. The van der Waals surface area contributed by atoms with Gasteiger partial charge in [0.05, 0.1) is 12.7 Å². The van der Waals surface area contributed by atoms with Gasteiger partial charge in [-0.05, 0) is 79.5 Å². The molecule has 0 unspecified atom stereocenters. The molecule has 3 rings (SSSR count). The van der Waals surface area contributed by atoms with E-state index in [-0.39, 0.29) is 5.82 Å². The molecule has 1 fully saturated rings. The Labute approximate surface area is 156 Å². The maximum Gasteiger partial charge on any atom is 0.139 e. The van der Waals surface area contributed by atoms with Crippen LogP contribution >= 0.6 is 0 Å². The summed E-state index contributed by atoms with van der Waals surface area (Å²) in [5, 5.41) is 0. The van der Waals surface area contributed by atoms with Crippen molar-refractivity contribution in [2.45, 2.75) is 51.4 Å². The monoisotopic (exact) mass is 350 g/mol. The molecule has 2 aromatic rings. The van der Waals surface area contributed by atoms with Crippen molar-refractivity contribution >= 4 is 0 Å². The predicted octanol–water partition coefficient (Wildman–Crippen LogP) is 6.31. The summed E-state index contributed by atoms with van der Waals surface area (Å²) in [5.41, 5.74) is 2.44. The number of ether oxygens (including phenoxy) is 1. The summed E-state index contributed by atoms with van der Waals surface area (Å²) in [6, 6.07) is 13.1. The van der Waals surface area contributed by atoms with Crippen LogP contribution in [0.1, 0.15) is 68.1 Å². The van der Waals surface area contributed by atoms with Crippen molar-refractivity contribution in [1.29, 1.82) is 0 Å². The maximum atomic E-state index is 14.5. The highest BCUT2D eigenvalue weighted by Gasteiger charge is 2.22. The lowest BCUT2D eigenvalue weighted by Gasteiger charge is -2.28. The highest BCUT2D eigenvalue weighted by molar-refractivity contribution is 5.45. The molecule has 0 saturated heterocycles. The fourth-order valence-electron chi connectivity index (χ4n) is 3.89. The van der Waals surface area contributed by atoms with Crippen LogP contribution in [-0.4, -0.2) is 7.11 Å². The molecule has 0 spiro atoms. The summed E-state index contributed by atoms with van der Waals surface area (Å²) in [6.07, 6.45) is 7.52. The molecule has 0 amide bonds. The third-order valence-electron chi connectivity index (χ3n) is 5.44. The van der Waals surface area contributed by atoms with Crippen LogP contribution in [0, 0.1) is 23.6 Å². The van der Waals surface area contributed by atoms with Gasteiger partial charge in [0, 0.05) is 5.56 Å². The minimum atomic E-state index is -0.209. The van der Waals surface area contributed by atoms with Crippen molar-refractivity contribution < 1.29 is 9.13 Å². The second kappa shape index (κ2) is 8.90. The maximum absolute atomic E-state index is 14.5. The molecule has 0 bridgehead atoms. The van der Waals surface area contributed by atoms with Crippen LogP contribution in [0.3, 0.4) is 0 Å². The molecule has 1 saturated carbocycles. The third kappa shape index (κ3) is 4.67. The van der Waals surface area contributed by atoms with Gasteiger partial charge in [0.1, 0.15) is 11.6 Å². The van der Waals surface area contributed by atoms with Crippen molar-refractivity contribution in [3.05, 3.63) is 65.0 Å². The second-order valence-electron chi connectivity index (χ2n) is 7.22. The molecule has 2 heteroatoms. The summed E-state index contributed by atoms with van der Waals surface area (Å²) in [6.45, 7) is 2.26. The molecular formula is C24H27FO. The Bertz CT molecular complexity index is 774. The van der Waals surface area contributed by atoms with Crippen LogP contribution < -0.4 is 4.74 Å². The molecule has 26 heavy (non-hydrogen) atoms. The second-order valence-corrected chi connectivity index (χ2v) is 7.22. The average molecular weight is 350 g/mol. The average Bonchev–Trinajstić information content (AvgIpc) is 2.68. The van der Waals surface area contributed by atoms with Crippen molar-refractivity contribution in [3.63, 3.8) is 0 Å². The zero-order valence-electron chi connectivity index (χ0n) is 15.7. The topological polar surface area (TPSA) is 9.23 Å². The van der Waals surface area contributed by atoms with Crippen LogP contribution in [0.2, 0.25) is 0 Å². The van der Waals surface area contributed by atoms with E-state index in [1.54, 1.807) is 13.2 Å². The van der Waals surface area contributed by atoms with Gasteiger partial charge in [0.15, 0.2) is 0 Å². The Hall–Kier alpha value is -2.27. The lowest BCUT2D eigenvalue weighted by atomic mass is 9.77. The summed E-state index contributed by atoms with van der Waals surface area (Å²) in [4.78, 5) is 0. The lowest BCUT2D eigenvalue weighted by Crippen LogP contribution is -2.13. The van der Waals surface area contributed by atoms with Gasteiger partial charge in [-0.25, -0.2) is 4.39 Å². The molecule has 0 radical (unpaired) electrons. The zero-order chi connectivity index (χ0) is 18.4. The fourth-order valence-corrected chi connectivity index (χ4v) is 3.89. The van der Waals surface area contributed by atoms with E-state index in [1.165, 1.54) is 38.5 Å². The largest absolute Gasteiger partial charge is 0.497 e. The number of rotatable bonds is 4. The first-order chi connectivity index (χ1) is 12.7. The molecular weight excluding hydrogens is 323 g/mol. The third-order valence-corrected chi connectivity index (χ3v) is 5.44. The zero-order valence-corrected chi connectivity index (χ0v) is 15.7. The first-order valence-electron chi connectivity index (χ1n) is 9.65. The molecule has 1 nitrogen and oxygen atoms in total. The Morgan fingerprint density at radius 1 is 1.00 bits per heavy atom. The number of halogens is 1. The summed E-state index contributed by atoms with van der Waals surface area (Å²) in [5.74, 6) is 7.94. The molecule has 1 aliphatic carbocycles. The van der Waals surface area contributed by atoms with E-state index in [9.17, 15) is 4.39 Å². The minimum Gasteiger partial charge on any atom is -0.497 e. The molecule has 1 aliphatic rings. The Kier molecular flexibility index (Phi) is 6.34. The molecule has 0 N–H and O–H groups in total. The van der Waals surface area contributed by atoms with E-state index in [1.807, 2.05) is 30.3 Å². The van der Waals surface area contributed by atoms with Crippen molar-refractivity contribution in [2.24, 2.45) is 5.92 Å². The number of hydrogen-bond acceptors (Lipinski definition) is 1. The SMILES string of the molecule is CCCC1CCC(c2ccc(C#Cc3ccc(OC)cc3)c(F)c2)CC1. The summed E-state index contributed by atoms with van der Waals surface area (Å²) < 4.78 is 19.6. The number of methoxy groups -OCH3 is 1. The van der Waals surface area contributed by atoms with Gasteiger partial charge in [-0.1, -0.05) is 37.7 Å². The van der Waals surface area contributed by atoms with Crippen LogP contribution in [0.25, 0.3) is 0 Å². The highest BCUT2D eigenvalue weighted by atomic mass is 19.1. The van der Waals surface area contributed by atoms with Crippen LogP contribution in [0.15, 0.2) is 42.5 Å². The first-order valence-corrected chi connectivity index (χ1v) is 9.65. The van der Waals surface area contributed by atoms with E-state index in [0.29, 0.717) is 11.5 Å². The van der Waals surface area contributed by atoms with Crippen LogP contribution in [0.5, 0.6) is 5.75 Å². The van der Waals surface area contributed by atoms with Gasteiger partial charge in [-0.3, -0.25) is 0 Å². The molecule has 136 valence electrons. The van der Waals surface area contributed by atoms with Gasteiger partial charge >= 0.3 is 0 Å². The lowest BCUT2D eigenvalue weighted by molar-refractivity contribution is 0.308. The Balaban J connectivity index is 1.67. The molecule has 0 aliphatic heterocycles. The van der Waals surface area contributed by atoms with Gasteiger partial charge < -0.3 is 4.74 Å². The molecule has 0 aromatic heterocycles. The molecule has 0 atom stereocenters. The number of benzene rings is 2. The van der Waals surface area contributed by atoms with Gasteiger partial charge in [-0.2, -0.15) is 0 Å². The van der Waals surface area contributed by atoms with E-state index >= 15 is 0 Å². The van der Waals surface area contributed by atoms with Gasteiger partial charge in [-0.15, -0.1) is 0 Å². The van der Waals surface area contributed by atoms with Crippen LogP contribution in [-0.2, 0) is 0 Å². The Morgan fingerprint density at radius 3 is 2.35 bits per heavy atom. The highest BCUT2D eigenvalue weighted by Crippen LogP contribution is 2.37. The van der Waals surface area contributed by atoms with Gasteiger partial charge in [0.2, 0.25) is 0 Å². The molecule has 0 heterocycles. The first kappa shape index (κ1) is 18.5. The quantitative estimate of drug-likeness (QED) is 0.587. The van der Waals surface area contributed by atoms with Crippen molar-refractivity contribution in [1.82, 2.24) is 0 Å². The standard InChI is InChI=1S/C24H27FO/c1-3-4-18-5-10-20(11-6-18)22-14-13-21(24(25)17-22)12-7-19-8-15-23(26-2)16-9-19/h8-9,13-18,20H,3-6,10-11H2,1-2H3. The van der Waals surface area contributed by atoms with E-state index in [4.69, 9.17) is 4.74 Å². The van der Waals surface area contributed by atoms with Crippen LogP contribution in [0.4, 0.5) is 4.39 Å². The minimum absolute atomic E-state index is 0.209. The van der Waals surface area contributed by atoms with E-state index in [2.05, 4.69) is 24.8 Å². The molecule has 2 aromatic carbocycles. The van der Waals surface area contributed by atoms with Crippen molar-refractivity contribution in [2.75, 3.05) is 7.11 Å². The normalized spacial score (nSPS) is 19.5. The van der Waals surface area contributed by atoms with E-state index in [0.717, 1.165) is 22.8 Å². The predicted molar refractivity (Wildman–Crippen MR) is 105 cm³/mol. The fraction of sp³-hybridized carbons (Fsp3) is 0.417. The number of hydrogen-bond donors (Lipinski definition) is 0. The van der Waals surface area contributed by atoms with Crippen molar-refractivity contribution in [3.8, 4) is 17.6 Å². The van der Waals surface area contributed by atoms with E-state index < -0.39 is 0 Å². The Morgan fingerprint density at radius 2 is 1.73 bits per heavy atom. The summed E-state index contributed by atoms with van der Waals surface area (Å²) in [7, 11) is 1.63.